The lowest BCUT2D eigenvalue weighted by Crippen LogP contribution is -2.57. The van der Waals surface area contributed by atoms with Gasteiger partial charge in [0.2, 0.25) is 11.8 Å². The molecule has 4 unspecified atom stereocenters. The lowest BCUT2D eigenvalue weighted by Gasteiger charge is -2.23. The van der Waals surface area contributed by atoms with E-state index < -0.39 is 42.0 Å². The van der Waals surface area contributed by atoms with Crippen LogP contribution in [-0.4, -0.2) is 64.2 Å². The summed E-state index contributed by atoms with van der Waals surface area (Å²) in [5.74, 6) is -1.86. The summed E-state index contributed by atoms with van der Waals surface area (Å²) in [6, 6.07) is -3.16. The van der Waals surface area contributed by atoms with Crippen LogP contribution in [0.3, 0.4) is 0 Å². The van der Waals surface area contributed by atoms with Gasteiger partial charge in [0.15, 0.2) is 0 Å². The van der Waals surface area contributed by atoms with E-state index in [2.05, 4.69) is 10.6 Å². The lowest BCUT2D eigenvalue weighted by molar-refractivity contribution is -0.142. The van der Waals surface area contributed by atoms with Gasteiger partial charge in [-0.3, -0.25) is 14.4 Å². The van der Waals surface area contributed by atoms with Crippen LogP contribution in [0.5, 0.6) is 0 Å². The first-order chi connectivity index (χ1) is 9.70. The first-order valence-electron chi connectivity index (χ1n) is 6.46. The van der Waals surface area contributed by atoms with E-state index >= 15 is 0 Å². The number of hydrogen-bond acceptors (Lipinski definition) is 6. The molecular formula is C12H23N3O5S. The summed E-state index contributed by atoms with van der Waals surface area (Å²) in [4.78, 5) is 34.4. The van der Waals surface area contributed by atoms with E-state index in [1.807, 2.05) is 6.26 Å². The molecule has 9 heteroatoms. The van der Waals surface area contributed by atoms with E-state index in [-0.39, 0.29) is 0 Å². The highest BCUT2D eigenvalue weighted by atomic mass is 32.2. The standard InChI is InChI=1S/C12H23N3O5S/c1-6(12(19)20)14-11(18)9(7(2)16)15-10(17)8(13)4-5-21-3/h6-9,16H,4-5,13H2,1-3H3,(H,14,18)(H,15,17)(H,19,20). The molecule has 0 heterocycles. The maximum atomic E-state index is 11.9. The fraction of sp³-hybridized carbons (Fsp3) is 0.750. The number of nitrogens with two attached hydrogens (primary N) is 1. The number of rotatable bonds is 9. The monoisotopic (exact) mass is 321 g/mol. The van der Waals surface area contributed by atoms with Crippen molar-refractivity contribution in [2.45, 2.75) is 44.5 Å². The Morgan fingerprint density at radius 3 is 2.19 bits per heavy atom. The van der Waals surface area contributed by atoms with Crippen molar-refractivity contribution in [1.29, 1.82) is 0 Å². The molecule has 0 aliphatic rings. The molecule has 0 radical (unpaired) electrons. The molecule has 4 atom stereocenters. The first kappa shape index (κ1) is 19.7. The van der Waals surface area contributed by atoms with Crippen LogP contribution >= 0.6 is 11.8 Å². The highest BCUT2D eigenvalue weighted by molar-refractivity contribution is 7.98. The zero-order valence-electron chi connectivity index (χ0n) is 12.3. The quantitative estimate of drug-likeness (QED) is 0.349. The summed E-state index contributed by atoms with van der Waals surface area (Å²) in [5, 5.41) is 22.8. The molecule has 122 valence electrons. The molecule has 0 saturated heterocycles. The molecule has 6 N–H and O–H groups in total. The van der Waals surface area contributed by atoms with Gasteiger partial charge in [-0.1, -0.05) is 0 Å². The topological polar surface area (TPSA) is 142 Å². The lowest BCUT2D eigenvalue weighted by atomic mass is 10.1. The fourth-order valence-corrected chi connectivity index (χ4v) is 1.90. The predicted octanol–water partition coefficient (Wildman–Crippen LogP) is -1.48. The fourth-order valence-electron chi connectivity index (χ4n) is 1.41. The number of carbonyl (C=O) groups is 3. The van der Waals surface area contributed by atoms with E-state index in [9.17, 15) is 19.5 Å². The summed E-state index contributed by atoms with van der Waals surface area (Å²) in [6.07, 6.45) is 1.14. The van der Waals surface area contributed by atoms with Crippen molar-refractivity contribution < 1.29 is 24.6 Å². The van der Waals surface area contributed by atoms with Crippen LogP contribution in [-0.2, 0) is 14.4 Å². The number of carboxylic acid groups (broad SMARTS) is 1. The number of thioether (sulfide) groups is 1. The van der Waals surface area contributed by atoms with Gasteiger partial charge in [0.1, 0.15) is 12.1 Å². The Kier molecular flexibility index (Phi) is 8.98. The maximum Gasteiger partial charge on any atom is 0.325 e. The molecule has 0 bridgehead atoms. The zero-order valence-corrected chi connectivity index (χ0v) is 13.1. The van der Waals surface area contributed by atoms with Gasteiger partial charge < -0.3 is 26.6 Å². The minimum absolute atomic E-state index is 0.437. The number of aliphatic hydroxyl groups excluding tert-OH is 1. The summed E-state index contributed by atoms with van der Waals surface area (Å²) >= 11 is 1.54. The number of aliphatic hydroxyl groups is 1. The molecule has 8 nitrogen and oxygen atoms in total. The van der Waals surface area contributed by atoms with Crippen LogP contribution in [0.25, 0.3) is 0 Å². The van der Waals surface area contributed by atoms with E-state index in [0.29, 0.717) is 12.2 Å². The third kappa shape index (κ3) is 7.30. The van der Waals surface area contributed by atoms with Gasteiger partial charge in [0, 0.05) is 0 Å². The number of carboxylic acids is 1. The van der Waals surface area contributed by atoms with Crippen molar-refractivity contribution in [3.63, 3.8) is 0 Å². The highest BCUT2D eigenvalue weighted by Crippen LogP contribution is 2.01. The molecule has 0 aliphatic carbocycles. The molecule has 21 heavy (non-hydrogen) atoms. The first-order valence-corrected chi connectivity index (χ1v) is 7.86. The van der Waals surface area contributed by atoms with Crippen LogP contribution in [0, 0.1) is 0 Å². The molecule has 0 aromatic rings. The van der Waals surface area contributed by atoms with Gasteiger partial charge in [0.05, 0.1) is 12.1 Å². The average molecular weight is 321 g/mol. The smallest absolute Gasteiger partial charge is 0.325 e. The largest absolute Gasteiger partial charge is 0.480 e. The van der Waals surface area contributed by atoms with Crippen molar-refractivity contribution in [3.8, 4) is 0 Å². The van der Waals surface area contributed by atoms with Gasteiger partial charge in [-0.15, -0.1) is 0 Å². The van der Waals surface area contributed by atoms with Gasteiger partial charge in [-0.25, -0.2) is 0 Å². The van der Waals surface area contributed by atoms with E-state index in [1.165, 1.54) is 25.6 Å². The van der Waals surface area contributed by atoms with Crippen molar-refractivity contribution in [1.82, 2.24) is 10.6 Å². The van der Waals surface area contributed by atoms with Crippen LogP contribution in [0.1, 0.15) is 20.3 Å². The molecule has 0 rings (SSSR count). The Morgan fingerprint density at radius 2 is 1.76 bits per heavy atom. The molecular weight excluding hydrogens is 298 g/mol. The zero-order chi connectivity index (χ0) is 16.6. The Bertz CT molecular complexity index is 378. The molecule has 0 aromatic carbocycles. The Labute approximate surface area is 127 Å². The summed E-state index contributed by atoms with van der Waals surface area (Å²) in [5.41, 5.74) is 5.67. The van der Waals surface area contributed by atoms with Crippen LogP contribution in [0.15, 0.2) is 0 Å². The molecule has 2 amide bonds. The third-order valence-corrected chi connectivity index (χ3v) is 3.41. The molecule has 0 saturated carbocycles. The number of nitrogens with one attached hydrogen (secondary N) is 2. The molecule has 0 fully saturated rings. The normalized spacial score (nSPS) is 16.4. The second-order valence-corrected chi connectivity index (χ2v) is 5.67. The average Bonchev–Trinajstić information content (AvgIpc) is 2.40. The minimum Gasteiger partial charge on any atom is -0.480 e. The second kappa shape index (κ2) is 9.59. The SMILES string of the molecule is CSCCC(N)C(=O)NC(C(=O)NC(C)C(=O)O)C(C)O. The van der Waals surface area contributed by atoms with Gasteiger partial charge in [0.25, 0.3) is 0 Å². The van der Waals surface area contributed by atoms with E-state index in [1.54, 1.807) is 0 Å². The van der Waals surface area contributed by atoms with Crippen molar-refractivity contribution >= 4 is 29.5 Å². The van der Waals surface area contributed by atoms with Crippen LogP contribution in [0.4, 0.5) is 0 Å². The van der Waals surface area contributed by atoms with Crippen LogP contribution < -0.4 is 16.4 Å². The molecule has 0 aromatic heterocycles. The number of amides is 2. The summed E-state index contributed by atoms with van der Waals surface area (Å²) in [7, 11) is 0. The van der Waals surface area contributed by atoms with Gasteiger partial charge in [-0.05, 0) is 32.3 Å². The number of carbonyl (C=O) groups excluding carboxylic acids is 2. The van der Waals surface area contributed by atoms with Crippen LogP contribution in [0.2, 0.25) is 0 Å². The second-order valence-electron chi connectivity index (χ2n) is 4.68. The third-order valence-electron chi connectivity index (χ3n) is 2.76. The molecule has 0 aliphatic heterocycles. The minimum atomic E-state index is -1.25. The maximum absolute atomic E-state index is 11.9. The van der Waals surface area contributed by atoms with Crippen molar-refractivity contribution in [2.75, 3.05) is 12.0 Å². The summed E-state index contributed by atoms with van der Waals surface area (Å²) < 4.78 is 0. The Balaban J connectivity index is 4.65. The van der Waals surface area contributed by atoms with E-state index in [4.69, 9.17) is 10.8 Å². The number of hydrogen-bond donors (Lipinski definition) is 5. The molecule has 0 spiro atoms. The Morgan fingerprint density at radius 1 is 1.19 bits per heavy atom. The van der Waals surface area contributed by atoms with E-state index in [0.717, 1.165) is 0 Å². The van der Waals surface area contributed by atoms with Gasteiger partial charge in [-0.2, -0.15) is 11.8 Å². The predicted molar refractivity (Wildman–Crippen MR) is 79.8 cm³/mol. The Hall–Kier alpha value is -1.32. The summed E-state index contributed by atoms with van der Waals surface area (Å²) in [6.45, 7) is 2.61. The van der Waals surface area contributed by atoms with Crippen molar-refractivity contribution in [2.24, 2.45) is 5.73 Å². The number of aliphatic carboxylic acids is 1. The highest BCUT2D eigenvalue weighted by Gasteiger charge is 2.29. The van der Waals surface area contributed by atoms with Crippen molar-refractivity contribution in [3.05, 3.63) is 0 Å². The van der Waals surface area contributed by atoms with Gasteiger partial charge >= 0.3 is 5.97 Å².